The maximum absolute atomic E-state index is 12.3. The Morgan fingerprint density at radius 3 is 2.45 bits per heavy atom. The van der Waals surface area contributed by atoms with Crippen LogP contribution in [0, 0.1) is 6.92 Å². The van der Waals surface area contributed by atoms with Crippen molar-refractivity contribution in [2.45, 2.75) is 26.4 Å². The molecule has 2 N–H and O–H groups in total. The standard InChI is InChI=1S/C16H18Cl2N2O2/c1-10-4-5-15(22-10)9-20(3)11(2)16(21)19-14-7-12(17)6-13(18)8-14/h4-8,11H,9H2,1-3H3,(H,19,21)/p+1/t11-/m1/s1. The van der Waals surface area contributed by atoms with Gasteiger partial charge in [0.05, 0.1) is 7.05 Å². The van der Waals surface area contributed by atoms with Crippen molar-refractivity contribution in [2.75, 3.05) is 12.4 Å². The fraction of sp³-hybridized carbons (Fsp3) is 0.312. The Labute approximate surface area is 140 Å². The number of benzene rings is 1. The van der Waals surface area contributed by atoms with E-state index in [2.05, 4.69) is 5.32 Å². The van der Waals surface area contributed by atoms with Crippen LogP contribution in [0.25, 0.3) is 0 Å². The van der Waals surface area contributed by atoms with Crippen LogP contribution in [0.5, 0.6) is 0 Å². The van der Waals surface area contributed by atoms with Crippen LogP contribution in [0.2, 0.25) is 10.0 Å². The first kappa shape index (κ1) is 16.9. The highest BCUT2D eigenvalue weighted by atomic mass is 35.5. The fourth-order valence-electron chi connectivity index (χ4n) is 2.11. The number of carbonyl (C=O) groups is 1. The molecule has 1 unspecified atom stereocenters. The molecule has 2 aromatic rings. The Hall–Kier alpha value is -1.49. The lowest BCUT2D eigenvalue weighted by Gasteiger charge is -2.20. The van der Waals surface area contributed by atoms with E-state index in [4.69, 9.17) is 27.6 Å². The molecule has 0 aliphatic heterocycles. The van der Waals surface area contributed by atoms with Gasteiger partial charge in [-0.3, -0.25) is 4.79 Å². The van der Waals surface area contributed by atoms with Crippen LogP contribution in [-0.2, 0) is 11.3 Å². The van der Waals surface area contributed by atoms with Gasteiger partial charge in [-0.2, -0.15) is 0 Å². The van der Waals surface area contributed by atoms with Gasteiger partial charge in [0.15, 0.2) is 11.8 Å². The highest BCUT2D eigenvalue weighted by molar-refractivity contribution is 6.35. The van der Waals surface area contributed by atoms with Crippen molar-refractivity contribution >= 4 is 34.8 Å². The smallest absolute Gasteiger partial charge is 0.282 e. The minimum atomic E-state index is -0.247. The van der Waals surface area contributed by atoms with E-state index in [0.29, 0.717) is 22.3 Å². The first-order chi connectivity index (χ1) is 10.3. The van der Waals surface area contributed by atoms with Gasteiger partial charge in [-0.1, -0.05) is 23.2 Å². The number of hydrogen-bond acceptors (Lipinski definition) is 2. The molecule has 1 amide bonds. The minimum absolute atomic E-state index is 0.0980. The number of amides is 1. The van der Waals surface area contributed by atoms with Crippen LogP contribution in [-0.4, -0.2) is 19.0 Å². The van der Waals surface area contributed by atoms with Crippen LogP contribution in [0.3, 0.4) is 0 Å². The van der Waals surface area contributed by atoms with Crippen molar-refractivity contribution in [3.8, 4) is 0 Å². The van der Waals surface area contributed by atoms with E-state index in [-0.39, 0.29) is 11.9 Å². The number of anilines is 1. The Bertz CT molecular complexity index is 650. The Morgan fingerprint density at radius 1 is 1.27 bits per heavy atom. The summed E-state index contributed by atoms with van der Waals surface area (Å²) in [5, 5.41) is 3.81. The van der Waals surface area contributed by atoms with E-state index < -0.39 is 0 Å². The molecule has 118 valence electrons. The zero-order valence-corrected chi connectivity index (χ0v) is 14.3. The van der Waals surface area contributed by atoms with Crippen molar-refractivity contribution < 1.29 is 14.1 Å². The number of nitrogens with one attached hydrogen (secondary N) is 2. The van der Waals surface area contributed by atoms with Gasteiger partial charge in [-0.05, 0) is 44.2 Å². The number of carbonyl (C=O) groups excluding carboxylic acids is 1. The van der Waals surface area contributed by atoms with Crippen molar-refractivity contribution in [3.63, 3.8) is 0 Å². The zero-order chi connectivity index (χ0) is 16.3. The molecular formula is C16H19Cl2N2O2+. The highest BCUT2D eigenvalue weighted by Crippen LogP contribution is 2.22. The van der Waals surface area contributed by atoms with E-state index in [1.54, 1.807) is 18.2 Å². The van der Waals surface area contributed by atoms with Gasteiger partial charge >= 0.3 is 0 Å². The van der Waals surface area contributed by atoms with E-state index in [9.17, 15) is 4.79 Å². The molecule has 0 aliphatic carbocycles. The number of likely N-dealkylation sites (N-methyl/N-ethyl adjacent to an activating group) is 1. The van der Waals surface area contributed by atoms with E-state index >= 15 is 0 Å². The third kappa shape index (κ3) is 4.50. The summed E-state index contributed by atoms with van der Waals surface area (Å²) in [5.41, 5.74) is 0.594. The van der Waals surface area contributed by atoms with Crippen molar-refractivity contribution in [3.05, 3.63) is 51.9 Å². The first-order valence-electron chi connectivity index (χ1n) is 6.99. The predicted octanol–water partition coefficient (Wildman–Crippen LogP) is 2.94. The Kier molecular flexibility index (Phi) is 5.51. The van der Waals surface area contributed by atoms with Gasteiger partial charge in [0.1, 0.15) is 12.3 Å². The maximum Gasteiger partial charge on any atom is 0.282 e. The fourth-order valence-corrected chi connectivity index (χ4v) is 2.63. The van der Waals surface area contributed by atoms with Crippen molar-refractivity contribution in [1.29, 1.82) is 0 Å². The quantitative estimate of drug-likeness (QED) is 0.878. The lowest BCUT2D eigenvalue weighted by Crippen LogP contribution is -3.12. The lowest BCUT2D eigenvalue weighted by atomic mass is 10.2. The number of aryl methyl sites for hydroxylation is 1. The molecule has 2 atom stereocenters. The molecule has 2 rings (SSSR count). The zero-order valence-electron chi connectivity index (χ0n) is 12.7. The predicted molar refractivity (Wildman–Crippen MR) is 88.6 cm³/mol. The van der Waals surface area contributed by atoms with Crippen molar-refractivity contribution in [2.24, 2.45) is 0 Å². The summed E-state index contributed by atoms with van der Waals surface area (Å²) in [6.45, 7) is 4.41. The molecule has 0 radical (unpaired) electrons. The second-order valence-corrected chi connectivity index (χ2v) is 6.28. The molecule has 0 fully saturated rings. The molecule has 0 bridgehead atoms. The van der Waals surface area contributed by atoms with Crippen LogP contribution in [0.4, 0.5) is 5.69 Å². The molecule has 6 heteroatoms. The van der Waals surface area contributed by atoms with Gasteiger partial charge in [0.2, 0.25) is 0 Å². The summed E-state index contributed by atoms with van der Waals surface area (Å²) in [6.07, 6.45) is 0. The van der Waals surface area contributed by atoms with Crippen LogP contribution in [0.15, 0.2) is 34.7 Å². The molecule has 0 spiro atoms. The van der Waals surface area contributed by atoms with E-state index in [0.717, 1.165) is 16.4 Å². The molecule has 4 nitrogen and oxygen atoms in total. The molecule has 1 aromatic heterocycles. The summed E-state index contributed by atoms with van der Waals surface area (Å²) in [5.74, 6) is 1.63. The first-order valence-corrected chi connectivity index (χ1v) is 7.75. The Morgan fingerprint density at radius 2 is 1.91 bits per heavy atom. The number of halogens is 2. The monoisotopic (exact) mass is 341 g/mol. The van der Waals surface area contributed by atoms with E-state index in [1.165, 1.54) is 0 Å². The second kappa shape index (κ2) is 7.18. The summed E-state index contributed by atoms with van der Waals surface area (Å²) >= 11 is 11.9. The molecule has 0 aliphatic rings. The summed E-state index contributed by atoms with van der Waals surface area (Å²) in [7, 11) is 1.95. The Balaban J connectivity index is 1.98. The van der Waals surface area contributed by atoms with Crippen LogP contribution >= 0.6 is 23.2 Å². The number of furan rings is 1. The van der Waals surface area contributed by atoms with Gasteiger partial charge < -0.3 is 14.6 Å². The number of hydrogen-bond donors (Lipinski definition) is 2. The van der Waals surface area contributed by atoms with Crippen molar-refractivity contribution in [1.82, 2.24) is 0 Å². The minimum Gasteiger partial charge on any atom is -0.460 e. The summed E-state index contributed by atoms with van der Waals surface area (Å²) < 4.78 is 5.55. The molecule has 1 heterocycles. The third-order valence-corrected chi connectivity index (χ3v) is 3.95. The van der Waals surface area contributed by atoms with Crippen LogP contribution < -0.4 is 10.2 Å². The molecule has 0 saturated carbocycles. The summed E-state index contributed by atoms with van der Waals surface area (Å²) in [4.78, 5) is 13.4. The molecule has 0 saturated heterocycles. The lowest BCUT2D eigenvalue weighted by molar-refractivity contribution is -0.908. The second-order valence-electron chi connectivity index (χ2n) is 5.40. The maximum atomic E-state index is 12.3. The van der Waals surface area contributed by atoms with Gasteiger partial charge in [-0.25, -0.2) is 0 Å². The number of quaternary nitrogens is 1. The van der Waals surface area contributed by atoms with Gasteiger partial charge in [-0.15, -0.1) is 0 Å². The average Bonchev–Trinajstić information content (AvgIpc) is 2.81. The molecule has 22 heavy (non-hydrogen) atoms. The largest absolute Gasteiger partial charge is 0.460 e. The highest BCUT2D eigenvalue weighted by Gasteiger charge is 2.23. The van der Waals surface area contributed by atoms with E-state index in [1.807, 2.05) is 33.0 Å². The number of rotatable bonds is 5. The third-order valence-electron chi connectivity index (χ3n) is 3.51. The van der Waals surface area contributed by atoms with Gasteiger partial charge in [0, 0.05) is 15.7 Å². The van der Waals surface area contributed by atoms with Gasteiger partial charge in [0.25, 0.3) is 5.91 Å². The topological polar surface area (TPSA) is 46.7 Å². The molecule has 1 aromatic carbocycles. The van der Waals surface area contributed by atoms with Crippen LogP contribution in [0.1, 0.15) is 18.4 Å². The molecular weight excluding hydrogens is 323 g/mol. The SMILES string of the molecule is Cc1ccc(C[NH+](C)[C@H](C)C(=O)Nc2cc(Cl)cc(Cl)c2)o1. The summed E-state index contributed by atoms with van der Waals surface area (Å²) in [6, 6.07) is 8.57. The normalized spacial score (nSPS) is 13.7. The average molecular weight is 342 g/mol.